The van der Waals surface area contributed by atoms with Crippen molar-refractivity contribution >= 4 is 11.9 Å². The predicted octanol–water partition coefficient (Wildman–Crippen LogP) is 1.61. The van der Waals surface area contributed by atoms with Crippen LogP contribution in [0.5, 0.6) is 0 Å². The highest BCUT2D eigenvalue weighted by atomic mass is 16.5. The highest BCUT2D eigenvalue weighted by Gasteiger charge is 2.19. The van der Waals surface area contributed by atoms with Crippen LogP contribution in [0.1, 0.15) is 35.5 Å². The van der Waals surface area contributed by atoms with Crippen molar-refractivity contribution in [1.29, 1.82) is 0 Å². The minimum atomic E-state index is -0.412. The Morgan fingerprint density at radius 1 is 1.24 bits per heavy atom. The summed E-state index contributed by atoms with van der Waals surface area (Å²) in [6.45, 7) is 5.89. The quantitative estimate of drug-likeness (QED) is 0.792. The first-order valence-electron chi connectivity index (χ1n) is 5.59. The number of ether oxygens (including phenoxy) is 2. The van der Waals surface area contributed by atoms with Gasteiger partial charge in [-0.25, -0.2) is 4.79 Å². The van der Waals surface area contributed by atoms with Crippen molar-refractivity contribution in [1.82, 2.24) is 4.98 Å². The summed E-state index contributed by atoms with van der Waals surface area (Å²) in [6.07, 6.45) is 1.71. The van der Waals surface area contributed by atoms with Crippen molar-refractivity contribution in [2.24, 2.45) is 0 Å². The molecule has 0 saturated heterocycles. The molecule has 0 aliphatic heterocycles. The number of aromatic amines is 1. The Morgan fingerprint density at radius 3 is 2.47 bits per heavy atom. The van der Waals surface area contributed by atoms with E-state index >= 15 is 0 Å². The van der Waals surface area contributed by atoms with E-state index in [0.29, 0.717) is 30.0 Å². The van der Waals surface area contributed by atoms with Gasteiger partial charge in [0.25, 0.3) is 0 Å². The van der Waals surface area contributed by atoms with Crippen molar-refractivity contribution in [3.63, 3.8) is 0 Å². The van der Waals surface area contributed by atoms with Gasteiger partial charge in [0.15, 0.2) is 0 Å². The van der Waals surface area contributed by atoms with Gasteiger partial charge in [-0.2, -0.15) is 0 Å². The van der Waals surface area contributed by atoms with Gasteiger partial charge in [-0.05, 0) is 26.3 Å². The van der Waals surface area contributed by atoms with Crippen molar-refractivity contribution in [2.45, 2.75) is 27.2 Å². The van der Waals surface area contributed by atoms with Crippen LogP contribution >= 0.6 is 0 Å². The third-order valence-corrected chi connectivity index (χ3v) is 2.28. The predicted molar refractivity (Wildman–Crippen MR) is 61.8 cm³/mol. The molecule has 0 amide bonds. The van der Waals surface area contributed by atoms with Crippen molar-refractivity contribution in [2.75, 3.05) is 13.2 Å². The molecule has 1 aromatic heterocycles. The molecule has 0 fully saturated rings. The molecule has 94 valence electrons. The summed E-state index contributed by atoms with van der Waals surface area (Å²) in [7, 11) is 0. The highest BCUT2D eigenvalue weighted by molar-refractivity contribution is 5.93. The number of nitrogens with one attached hydrogen (secondary N) is 1. The van der Waals surface area contributed by atoms with E-state index in [-0.39, 0.29) is 12.4 Å². The third kappa shape index (κ3) is 3.34. The highest BCUT2D eigenvalue weighted by Crippen LogP contribution is 2.16. The summed E-state index contributed by atoms with van der Waals surface area (Å²) in [5, 5.41) is 0. The molecule has 1 rings (SSSR count). The number of hydrogen-bond donors (Lipinski definition) is 1. The van der Waals surface area contributed by atoms with Crippen LogP contribution in [0.4, 0.5) is 0 Å². The lowest BCUT2D eigenvalue weighted by molar-refractivity contribution is -0.142. The van der Waals surface area contributed by atoms with E-state index < -0.39 is 5.97 Å². The average Bonchev–Trinajstić information content (AvgIpc) is 2.60. The zero-order valence-corrected chi connectivity index (χ0v) is 10.3. The lowest BCUT2D eigenvalue weighted by atomic mass is 10.1. The van der Waals surface area contributed by atoms with Crippen molar-refractivity contribution < 1.29 is 19.1 Å². The maximum Gasteiger partial charge on any atom is 0.340 e. The molecular weight excluding hydrogens is 222 g/mol. The molecule has 0 bridgehead atoms. The van der Waals surface area contributed by atoms with E-state index in [1.807, 2.05) is 0 Å². The van der Waals surface area contributed by atoms with Gasteiger partial charge in [-0.1, -0.05) is 0 Å². The van der Waals surface area contributed by atoms with Gasteiger partial charge in [0.1, 0.15) is 0 Å². The van der Waals surface area contributed by atoms with Gasteiger partial charge in [-0.3, -0.25) is 4.79 Å². The lowest BCUT2D eigenvalue weighted by Gasteiger charge is -2.05. The van der Waals surface area contributed by atoms with Crippen LogP contribution in [0.3, 0.4) is 0 Å². The second kappa shape index (κ2) is 6.08. The number of H-pyrrole nitrogens is 1. The summed E-state index contributed by atoms with van der Waals surface area (Å²) in [5.74, 6) is -0.761. The fourth-order valence-electron chi connectivity index (χ4n) is 1.57. The smallest absolute Gasteiger partial charge is 0.340 e. The van der Waals surface area contributed by atoms with E-state index in [1.54, 1.807) is 27.0 Å². The first-order valence-corrected chi connectivity index (χ1v) is 5.59. The molecular formula is C12H17NO4. The number of hydrogen-bond acceptors (Lipinski definition) is 4. The van der Waals surface area contributed by atoms with E-state index in [0.717, 1.165) is 0 Å². The molecule has 5 heteroatoms. The van der Waals surface area contributed by atoms with E-state index in [9.17, 15) is 9.59 Å². The summed E-state index contributed by atoms with van der Waals surface area (Å²) in [6, 6.07) is 0. The van der Waals surface area contributed by atoms with Crippen LogP contribution in [0.2, 0.25) is 0 Å². The van der Waals surface area contributed by atoms with Gasteiger partial charge < -0.3 is 14.5 Å². The number of rotatable bonds is 5. The maximum absolute atomic E-state index is 11.7. The monoisotopic (exact) mass is 239 g/mol. The topological polar surface area (TPSA) is 68.4 Å². The van der Waals surface area contributed by atoms with Crippen LogP contribution in [0, 0.1) is 6.92 Å². The molecule has 0 radical (unpaired) electrons. The van der Waals surface area contributed by atoms with Gasteiger partial charge >= 0.3 is 11.9 Å². The summed E-state index contributed by atoms with van der Waals surface area (Å²) in [4.78, 5) is 26.0. The molecule has 0 unspecified atom stereocenters. The molecule has 0 aromatic carbocycles. The molecule has 1 N–H and O–H groups in total. The number of carbonyl (C=O) groups excluding carboxylic acids is 2. The Bertz CT molecular complexity index is 409. The van der Waals surface area contributed by atoms with Gasteiger partial charge in [0.2, 0.25) is 0 Å². The van der Waals surface area contributed by atoms with Crippen molar-refractivity contribution in [3.8, 4) is 0 Å². The normalized spacial score (nSPS) is 10.1. The largest absolute Gasteiger partial charge is 0.466 e. The zero-order chi connectivity index (χ0) is 12.8. The molecule has 0 atom stereocenters. The Morgan fingerprint density at radius 2 is 1.88 bits per heavy atom. The molecule has 5 nitrogen and oxygen atoms in total. The minimum Gasteiger partial charge on any atom is -0.466 e. The second-order valence-corrected chi connectivity index (χ2v) is 3.52. The summed E-state index contributed by atoms with van der Waals surface area (Å²) < 4.78 is 9.78. The lowest BCUT2D eigenvalue weighted by Crippen LogP contribution is -2.12. The Kier molecular flexibility index (Phi) is 4.75. The number of aryl methyl sites for hydroxylation is 1. The third-order valence-electron chi connectivity index (χ3n) is 2.28. The van der Waals surface area contributed by atoms with Gasteiger partial charge in [0, 0.05) is 11.9 Å². The molecule has 0 spiro atoms. The fourth-order valence-corrected chi connectivity index (χ4v) is 1.57. The van der Waals surface area contributed by atoms with Crippen LogP contribution in [-0.4, -0.2) is 30.1 Å². The maximum atomic E-state index is 11.7. The summed E-state index contributed by atoms with van der Waals surface area (Å²) >= 11 is 0. The summed E-state index contributed by atoms with van der Waals surface area (Å²) in [5.41, 5.74) is 1.74. The SMILES string of the molecule is CCOC(=O)Cc1c[nH]c(C)c1C(=O)OCC. The molecule has 0 saturated carbocycles. The standard InChI is InChI=1S/C12H17NO4/c1-4-16-10(14)6-9-7-13-8(3)11(9)12(15)17-5-2/h7,13H,4-6H2,1-3H3. The van der Waals surface area contributed by atoms with Crippen LogP contribution in [-0.2, 0) is 20.7 Å². The first-order chi connectivity index (χ1) is 8.10. The van der Waals surface area contributed by atoms with Crippen molar-refractivity contribution in [3.05, 3.63) is 23.0 Å². The minimum absolute atomic E-state index is 0.0757. The molecule has 1 heterocycles. The second-order valence-electron chi connectivity index (χ2n) is 3.52. The van der Waals surface area contributed by atoms with Gasteiger partial charge in [0.05, 0.1) is 25.2 Å². The number of esters is 2. The van der Waals surface area contributed by atoms with Crippen LogP contribution in [0.15, 0.2) is 6.20 Å². The van der Waals surface area contributed by atoms with E-state index in [4.69, 9.17) is 9.47 Å². The first kappa shape index (κ1) is 13.3. The number of carbonyl (C=O) groups is 2. The Labute approximate surface area is 100 Å². The molecule has 17 heavy (non-hydrogen) atoms. The van der Waals surface area contributed by atoms with Crippen LogP contribution < -0.4 is 0 Å². The molecule has 0 aliphatic carbocycles. The zero-order valence-electron chi connectivity index (χ0n) is 10.3. The van der Waals surface area contributed by atoms with Crippen LogP contribution in [0.25, 0.3) is 0 Å². The van der Waals surface area contributed by atoms with E-state index in [2.05, 4.69) is 4.98 Å². The average molecular weight is 239 g/mol. The van der Waals surface area contributed by atoms with Gasteiger partial charge in [-0.15, -0.1) is 0 Å². The molecule has 0 aliphatic rings. The Balaban J connectivity index is 2.86. The van der Waals surface area contributed by atoms with E-state index in [1.165, 1.54) is 0 Å². The fraction of sp³-hybridized carbons (Fsp3) is 0.500. The molecule has 1 aromatic rings. The number of aromatic nitrogens is 1. The Hall–Kier alpha value is -1.78.